The maximum Gasteiger partial charge on any atom is 0.335 e. The second-order valence-electron chi connectivity index (χ2n) is 7.32. The highest BCUT2D eigenvalue weighted by Gasteiger charge is 2.36. The molecule has 32 heavy (non-hydrogen) atoms. The van der Waals surface area contributed by atoms with Crippen molar-refractivity contribution >= 4 is 29.6 Å². The summed E-state index contributed by atoms with van der Waals surface area (Å²) in [5, 5.41) is 11.6. The number of barbiturate groups is 1. The first-order valence-electron chi connectivity index (χ1n) is 9.89. The lowest BCUT2D eigenvalue weighted by atomic mass is 10.1. The molecule has 0 aliphatic carbocycles. The number of rotatable bonds is 5. The van der Waals surface area contributed by atoms with Crippen molar-refractivity contribution < 1.29 is 24.2 Å². The number of imide groups is 2. The summed E-state index contributed by atoms with van der Waals surface area (Å²) in [5.74, 6) is -0.872. The van der Waals surface area contributed by atoms with E-state index in [0.717, 1.165) is 16.0 Å². The van der Waals surface area contributed by atoms with Crippen molar-refractivity contribution in [2.24, 2.45) is 0 Å². The molecule has 0 atom stereocenters. The summed E-state index contributed by atoms with van der Waals surface area (Å²) >= 11 is 0. The minimum Gasteiger partial charge on any atom is -0.508 e. The van der Waals surface area contributed by atoms with Crippen LogP contribution in [0.4, 0.5) is 10.5 Å². The molecule has 0 saturated carbocycles. The van der Waals surface area contributed by atoms with Crippen LogP contribution in [-0.2, 0) is 16.2 Å². The zero-order chi connectivity index (χ0) is 22.7. The number of phenolic OH excluding ortho intramolecular Hbond substituents is 1. The van der Waals surface area contributed by atoms with Gasteiger partial charge in [-0.2, -0.15) is 0 Å². The number of nitrogens with one attached hydrogen (secondary N) is 1. The van der Waals surface area contributed by atoms with E-state index in [1.165, 1.54) is 30.3 Å². The topological polar surface area (TPSA) is 95.9 Å². The van der Waals surface area contributed by atoms with E-state index in [9.17, 15) is 19.5 Å². The van der Waals surface area contributed by atoms with Gasteiger partial charge in [0.25, 0.3) is 11.8 Å². The standard InChI is InChI=1S/C25H20N2O5/c1-16-3-2-4-18(13-16)15-32-21-11-5-17(6-12-21)14-22-23(29)26-25(31)27(24(22)30)19-7-9-20(28)10-8-19/h2-14,28H,15H2,1H3,(H,26,29,31)/b22-14+. The van der Waals surface area contributed by atoms with Gasteiger partial charge >= 0.3 is 6.03 Å². The monoisotopic (exact) mass is 428 g/mol. The Balaban J connectivity index is 1.51. The second kappa shape index (κ2) is 8.77. The van der Waals surface area contributed by atoms with Gasteiger partial charge in [0, 0.05) is 0 Å². The van der Waals surface area contributed by atoms with Crippen molar-refractivity contribution in [2.75, 3.05) is 4.90 Å². The number of aryl methyl sites for hydroxylation is 1. The lowest BCUT2D eigenvalue weighted by Crippen LogP contribution is -2.54. The normalized spacial score (nSPS) is 15.1. The van der Waals surface area contributed by atoms with Crippen LogP contribution in [0.5, 0.6) is 11.5 Å². The summed E-state index contributed by atoms with van der Waals surface area (Å²) < 4.78 is 5.79. The van der Waals surface area contributed by atoms with E-state index >= 15 is 0 Å². The van der Waals surface area contributed by atoms with E-state index < -0.39 is 17.8 Å². The first-order valence-corrected chi connectivity index (χ1v) is 9.89. The van der Waals surface area contributed by atoms with E-state index in [4.69, 9.17) is 4.74 Å². The summed E-state index contributed by atoms with van der Waals surface area (Å²) in [7, 11) is 0. The van der Waals surface area contributed by atoms with Crippen LogP contribution < -0.4 is 15.0 Å². The predicted octanol–water partition coefficient (Wildman–Crippen LogP) is 3.95. The zero-order valence-electron chi connectivity index (χ0n) is 17.2. The van der Waals surface area contributed by atoms with Gasteiger partial charge < -0.3 is 9.84 Å². The summed E-state index contributed by atoms with van der Waals surface area (Å²) in [5.41, 5.74) is 2.88. The van der Waals surface area contributed by atoms with Crippen LogP contribution in [0.15, 0.2) is 78.4 Å². The molecule has 1 heterocycles. The van der Waals surface area contributed by atoms with Gasteiger partial charge in [0.15, 0.2) is 0 Å². The highest BCUT2D eigenvalue weighted by Crippen LogP contribution is 2.24. The molecule has 0 spiro atoms. The molecule has 1 aliphatic rings. The fourth-order valence-electron chi connectivity index (χ4n) is 3.29. The summed E-state index contributed by atoms with van der Waals surface area (Å²) in [6, 6.07) is 19.7. The number of aromatic hydroxyl groups is 1. The Kier molecular flexibility index (Phi) is 5.72. The van der Waals surface area contributed by atoms with Gasteiger partial charge in [-0.25, -0.2) is 9.69 Å². The van der Waals surface area contributed by atoms with Gasteiger partial charge in [-0.05, 0) is 60.5 Å². The van der Waals surface area contributed by atoms with Crippen LogP contribution in [0.3, 0.4) is 0 Å². The largest absolute Gasteiger partial charge is 0.508 e. The molecule has 3 aromatic rings. The van der Waals surface area contributed by atoms with Crippen LogP contribution in [-0.4, -0.2) is 23.0 Å². The first-order chi connectivity index (χ1) is 15.4. The van der Waals surface area contributed by atoms with Crippen LogP contribution in [0, 0.1) is 6.92 Å². The van der Waals surface area contributed by atoms with Crippen molar-refractivity contribution in [3.8, 4) is 11.5 Å². The van der Waals surface area contributed by atoms with Gasteiger partial charge in [-0.15, -0.1) is 0 Å². The summed E-state index contributed by atoms with van der Waals surface area (Å²) in [6.45, 7) is 2.44. The number of anilines is 1. The third-order valence-electron chi connectivity index (χ3n) is 4.89. The molecule has 1 fully saturated rings. The molecule has 2 N–H and O–H groups in total. The number of nitrogens with zero attached hydrogens (tertiary/aromatic N) is 1. The molecule has 1 aliphatic heterocycles. The molecular formula is C25H20N2O5. The fourth-order valence-corrected chi connectivity index (χ4v) is 3.29. The van der Waals surface area contributed by atoms with Crippen molar-refractivity contribution in [3.05, 3.63) is 95.1 Å². The van der Waals surface area contributed by atoms with E-state index in [-0.39, 0.29) is 17.0 Å². The molecule has 0 aromatic heterocycles. The third kappa shape index (κ3) is 4.52. The van der Waals surface area contributed by atoms with Gasteiger partial charge in [0.05, 0.1) is 5.69 Å². The average molecular weight is 428 g/mol. The lowest BCUT2D eigenvalue weighted by Gasteiger charge is -2.26. The van der Waals surface area contributed by atoms with E-state index in [0.29, 0.717) is 17.9 Å². The van der Waals surface area contributed by atoms with Crippen molar-refractivity contribution in [1.29, 1.82) is 0 Å². The Hall–Kier alpha value is -4.39. The Morgan fingerprint density at radius 2 is 1.69 bits per heavy atom. The van der Waals surface area contributed by atoms with E-state index in [1.54, 1.807) is 24.3 Å². The van der Waals surface area contributed by atoms with Crippen molar-refractivity contribution in [1.82, 2.24) is 5.32 Å². The first kappa shape index (κ1) is 20.9. The summed E-state index contributed by atoms with van der Waals surface area (Å²) in [6.07, 6.45) is 1.42. The number of carbonyl (C=O) groups is 3. The molecule has 4 rings (SSSR count). The number of phenols is 1. The summed E-state index contributed by atoms with van der Waals surface area (Å²) in [4.78, 5) is 38.2. The quantitative estimate of drug-likeness (QED) is 0.474. The molecule has 1 saturated heterocycles. The maximum absolute atomic E-state index is 12.9. The number of amides is 4. The Morgan fingerprint density at radius 1 is 0.969 bits per heavy atom. The van der Waals surface area contributed by atoms with Crippen molar-refractivity contribution in [3.63, 3.8) is 0 Å². The molecule has 0 radical (unpaired) electrons. The van der Waals surface area contributed by atoms with Gasteiger partial charge in [0.1, 0.15) is 23.7 Å². The van der Waals surface area contributed by atoms with Gasteiger partial charge in [-0.1, -0.05) is 42.0 Å². The molecule has 7 nitrogen and oxygen atoms in total. The molecule has 3 aromatic carbocycles. The van der Waals surface area contributed by atoms with Crippen LogP contribution in [0.25, 0.3) is 6.08 Å². The average Bonchev–Trinajstić information content (AvgIpc) is 2.77. The number of urea groups is 1. The zero-order valence-corrected chi connectivity index (χ0v) is 17.2. The van der Waals surface area contributed by atoms with E-state index in [2.05, 4.69) is 5.32 Å². The van der Waals surface area contributed by atoms with Crippen molar-refractivity contribution in [2.45, 2.75) is 13.5 Å². The molecular weight excluding hydrogens is 408 g/mol. The van der Waals surface area contributed by atoms with Gasteiger partial charge in [0.2, 0.25) is 0 Å². The minimum atomic E-state index is -0.845. The Labute approximate surface area is 184 Å². The fraction of sp³-hybridized carbons (Fsp3) is 0.0800. The molecule has 160 valence electrons. The SMILES string of the molecule is Cc1cccc(COc2ccc(/C=C3\C(=O)NC(=O)N(c4ccc(O)cc4)C3=O)cc2)c1. The number of benzene rings is 3. The number of carbonyl (C=O) groups excluding carboxylic acids is 3. The van der Waals surface area contributed by atoms with Gasteiger partial charge in [-0.3, -0.25) is 14.9 Å². The molecule has 4 amide bonds. The number of hydrogen-bond acceptors (Lipinski definition) is 5. The predicted molar refractivity (Wildman–Crippen MR) is 119 cm³/mol. The molecule has 0 bridgehead atoms. The smallest absolute Gasteiger partial charge is 0.335 e. The van der Waals surface area contributed by atoms with Crippen LogP contribution in [0.2, 0.25) is 0 Å². The highest BCUT2D eigenvalue weighted by atomic mass is 16.5. The number of hydrogen-bond donors (Lipinski definition) is 2. The Morgan fingerprint density at radius 3 is 2.38 bits per heavy atom. The maximum atomic E-state index is 12.9. The lowest BCUT2D eigenvalue weighted by molar-refractivity contribution is -0.122. The van der Waals surface area contributed by atoms with E-state index in [1.807, 2.05) is 31.2 Å². The Bertz CT molecular complexity index is 1210. The van der Waals surface area contributed by atoms with Crippen LogP contribution >= 0.6 is 0 Å². The minimum absolute atomic E-state index is 0.00448. The molecule has 0 unspecified atom stereocenters. The van der Waals surface area contributed by atoms with Crippen LogP contribution in [0.1, 0.15) is 16.7 Å². The molecule has 7 heteroatoms. The number of ether oxygens (including phenoxy) is 1. The third-order valence-corrected chi connectivity index (χ3v) is 4.89. The second-order valence-corrected chi connectivity index (χ2v) is 7.32. The highest BCUT2D eigenvalue weighted by molar-refractivity contribution is 6.39.